The van der Waals surface area contributed by atoms with Crippen LogP contribution in [0.1, 0.15) is 55.6 Å². The van der Waals surface area contributed by atoms with Crippen LogP contribution in [0.3, 0.4) is 0 Å². The maximum Gasteiger partial charge on any atom is 0.338 e. The van der Waals surface area contributed by atoms with E-state index in [1.165, 1.54) is 4.80 Å². The Labute approximate surface area is 215 Å². The van der Waals surface area contributed by atoms with Crippen molar-refractivity contribution in [3.63, 3.8) is 0 Å². The zero-order valence-electron chi connectivity index (χ0n) is 21.3. The summed E-state index contributed by atoms with van der Waals surface area (Å²) in [6, 6.07) is 18.3. The number of hydrogen-bond donors (Lipinski definition) is 0. The SMILES string of the molecule is Cc1ccc(C(=O)OC[C@H]2O[C@@H](n3nc4cc(C)c(C)cc4n3)C[C@@H]2OC(=O)c2ccc(C)cc2)cc1. The molecule has 0 amide bonds. The van der Waals surface area contributed by atoms with Gasteiger partial charge in [0, 0.05) is 6.42 Å². The van der Waals surface area contributed by atoms with E-state index >= 15 is 0 Å². The first-order valence-electron chi connectivity index (χ1n) is 12.3. The Hall–Kier alpha value is -4.04. The molecule has 0 saturated carbocycles. The molecule has 0 spiro atoms. The van der Waals surface area contributed by atoms with E-state index in [4.69, 9.17) is 14.2 Å². The van der Waals surface area contributed by atoms with Gasteiger partial charge in [0.05, 0.1) is 11.1 Å². The predicted octanol–water partition coefficient (Wildman–Crippen LogP) is 5.04. The first kappa shape index (κ1) is 24.6. The molecular weight excluding hydrogens is 470 g/mol. The molecule has 8 heteroatoms. The number of rotatable bonds is 6. The third-order valence-corrected chi connectivity index (χ3v) is 6.66. The fourth-order valence-electron chi connectivity index (χ4n) is 4.26. The molecule has 0 radical (unpaired) electrons. The first-order valence-corrected chi connectivity index (χ1v) is 12.3. The van der Waals surface area contributed by atoms with E-state index in [9.17, 15) is 9.59 Å². The second kappa shape index (κ2) is 10.1. The van der Waals surface area contributed by atoms with Crippen molar-refractivity contribution < 1.29 is 23.8 Å². The van der Waals surface area contributed by atoms with Gasteiger partial charge in [0.1, 0.15) is 29.8 Å². The van der Waals surface area contributed by atoms with Crippen molar-refractivity contribution in [3.05, 3.63) is 94.0 Å². The highest BCUT2D eigenvalue weighted by molar-refractivity contribution is 5.90. The van der Waals surface area contributed by atoms with Crippen LogP contribution in [0.25, 0.3) is 11.0 Å². The molecule has 3 aromatic carbocycles. The molecular formula is C29H29N3O5. The van der Waals surface area contributed by atoms with Gasteiger partial charge < -0.3 is 14.2 Å². The van der Waals surface area contributed by atoms with Crippen molar-refractivity contribution in [2.45, 2.75) is 52.6 Å². The Morgan fingerprint density at radius 3 is 1.89 bits per heavy atom. The zero-order chi connectivity index (χ0) is 26.1. The van der Waals surface area contributed by atoms with Gasteiger partial charge in [0.15, 0.2) is 6.23 Å². The summed E-state index contributed by atoms with van der Waals surface area (Å²) in [4.78, 5) is 27.0. The lowest BCUT2D eigenvalue weighted by Gasteiger charge is -2.19. The Bertz CT molecular complexity index is 1400. The van der Waals surface area contributed by atoms with Crippen LogP contribution in [0.5, 0.6) is 0 Å². The van der Waals surface area contributed by atoms with Crippen LogP contribution in [0.2, 0.25) is 0 Å². The van der Waals surface area contributed by atoms with Gasteiger partial charge in [-0.3, -0.25) is 0 Å². The van der Waals surface area contributed by atoms with E-state index in [0.29, 0.717) is 17.5 Å². The first-order chi connectivity index (χ1) is 17.8. The monoisotopic (exact) mass is 499 g/mol. The van der Waals surface area contributed by atoms with E-state index < -0.39 is 30.4 Å². The maximum absolute atomic E-state index is 12.9. The van der Waals surface area contributed by atoms with Gasteiger partial charge in [-0.15, -0.1) is 0 Å². The predicted molar refractivity (Wildman–Crippen MR) is 137 cm³/mol. The molecule has 0 N–H and O–H groups in total. The number of fused-ring (bicyclic) bond motifs is 1. The third-order valence-electron chi connectivity index (χ3n) is 6.66. The van der Waals surface area contributed by atoms with E-state index in [1.54, 1.807) is 24.3 Å². The molecule has 3 atom stereocenters. The van der Waals surface area contributed by atoms with Gasteiger partial charge in [0.2, 0.25) is 0 Å². The van der Waals surface area contributed by atoms with Crippen molar-refractivity contribution in [3.8, 4) is 0 Å². The van der Waals surface area contributed by atoms with Crippen LogP contribution in [-0.2, 0) is 14.2 Å². The topological polar surface area (TPSA) is 92.5 Å². The highest BCUT2D eigenvalue weighted by atomic mass is 16.6. The van der Waals surface area contributed by atoms with Crippen molar-refractivity contribution in [2.24, 2.45) is 0 Å². The molecule has 1 fully saturated rings. The quantitative estimate of drug-likeness (QED) is 0.343. The van der Waals surface area contributed by atoms with Gasteiger partial charge in [-0.2, -0.15) is 15.0 Å². The van der Waals surface area contributed by atoms with E-state index in [0.717, 1.165) is 33.3 Å². The molecule has 0 bridgehead atoms. The van der Waals surface area contributed by atoms with Crippen LogP contribution in [0.15, 0.2) is 60.7 Å². The van der Waals surface area contributed by atoms with E-state index in [2.05, 4.69) is 10.2 Å². The lowest BCUT2D eigenvalue weighted by atomic mass is 10.1. The Balaban J connectivity index is 1.35. The Morgan fingerprint density at radius 1 is 0.838 bits per heavy atom. The zero-order valence-corrected chi connectivity index (χ0v) is 21.3. The van der Waals surface area contributed by atoms with E-state index in [-0.39, 0.29) is 6.61 Å². The van der Waals surface area contributed by atoms with Gasteiger partial charge in [-0.1, -0.05) is 35.4 Å². The largest absolute Gasteiger partial charge is 0.459 e. The molecule has 5 rings (SSSR count). The van der Waals surface area contributed by atoms with Gasteiger partial charge in [0.25, 0.3) is 0 Å². The van der Waals surface area contributed by atoms with Crippen molar-refractivity contribution in [1.82, 2.24) is 15.0 Å². The number of carbonyl (C=O) groups excluding carboxylic acids is 2. The van der Waals surface area contributed by atoms with Crippen LogP contribution in [-0.4, -0.2) is 45.7 Å². The molecule has 190 valence electrons. The lowest BCUT2D eigenvalue weighted by molar-refractivity contribution is -0.0633. The molecule has 2 heterocycles. The average molecular weight is 500 g/mol. The number of aromatic nitrogens is 3. The highest BCUT2D eigenvalue weighted by Crippen LogP contribution is 2.32. The lowest BCUT2D eigenvalue weighted by Crippen LogP contribution is -2.32. The molecule has 1 saturated heterocycles. The summed E-state index contributed by atoms with van der Waals surface area (Å²) in [5, 5.41) is 9.19. The molecule has 1 aromatic heterocycles. The molecule has 8 nitrogen and oxygen atoms in total. The number of hydrogen-bond acceptors (Lipinski definition) is 7. The molecule has 0 unspecified atom stereocenters. The molecule has 4 aromatic rings. The number of carbonyl (C=O) groups is 2. The fourth-order valence-corrected chi connectivity index (χ4v) is 4.26. The average Bonchev–Trinajstić information content (AvgIpc) is 3.47. The summed E-state index contributed by atoms with van der Waals surface area (Å²) in [6.07, 6.45) is -1.58. The number of esters is 2. The van der Waals surface area contributed by atoms with Crippen LogP contribution >= 0.6 is 0 Å². The standard InChI is InChI=1S/C29H29N3O5/c1-17-5-9-21(10-6-17)28(33)35-16-26-25(37-29(34)22-11-7-18(2)8-12-22)15-27(36-26)32-30-23-13-19(3)20(4)14-24(23)31-32/h5-14,25-27H,15-16H2,1-4H3/t25-,26+,27+/m0/s1. The van der Waals surface area contributed by atoms with Crippen molar-refractivity contribution in [1.29, 1.82) is 0 Å². The van der Waals surface area contributed by atoms with E-state index in [1.807, 2.05) is 64.1 Å². The smallest absolute Gasteiger partial charge is 0.338 e. The summed E-state index contributed by atoms with van der Waals surface area (Å²) >= 11 is 0. The van der Waals surface area contributed by atoms with Crippen molar-refractivity contribution >= 4 is 23.0 Å². The van der Waals surface area contributed by atoms with Gasteiger partial charge in [-0.05, 0) is 75.2 Å². The summed E-state index contributed by atoms with van der Waals surface area (Å²) in [5.41, 5.74) is 6.74. The minimum Gasteiger partial charge on any atom is -0.459 e. The minimum atomic E-state index is -0.675. The second-order valence-corrected chi connectivity index (χ2v) is 9.58. The number of ether oxygens (including phenoxy) is 3. The molecule has 1 aliphatic rings. The minimum absolute atomic E-state index is 0.0753. The second-order valence-electron chi connectivity index (χ2n) is 9.58. The van der Waals surface area contributed by atoms with Crippen LogP contribution in [0.4, 0.5) is 0 Å². The summed E-state index contributed by atoms with van der Waals surface area (Å²) in [7, 11) is 0. The highest BCUT2D eigenvalue weighted by Gasteiger charge is 2.41. The summed E-state index contributed by atoms with van der Waals surface area (Å²) < 4.78 is 17.6. The molecule has 37 heavy (non-hydrogen) atoms. The number of nitrogens with zero attached hydrogens (tertiary/aromatic N) is 3. The van der Waals surface area contributed by atoms with Crippen LogP contribution in [0, 0.1) is 27.7 Å². The number of aryl methyl sites for hydroxylation is 4. The normalized spacial score (nSPS) is 19.2. The van der Waals surface area contributed by atoms with Gasteiger partial charge in [-0.25, -0.2) is 9.59 Å². The fraction of sp³-hybridized carbons (Fsp3) is 0.310. The summed E-state index contributed by atoms with van der Waals surface area (Å²) in [5.74, 6) is -0.932. The number of benzene rings is 3. The molecule has 0 aliphatic carbocycles. The molecule has 1 aliphatic heterocycles. The summed E-state index contributed by atoms with van der Waals surface area (Å²) in [6.45, 7) is 7.88. The van der Waals surface area contributed by atoms with Crippen molar-refractivity contribution in [2.75, 3.05) is 6.61 Å². The Morgan fingerprint density at radius 2 is 1.35 bits per heavy atom. The Kier molecular flexibility index (Phi) is 6.76. The van der Waals surface area contributed by atoms with Crippen LogP contribution < -0.4 is 0 Å². The maximum atomic E-state index is 12.9. The third kappa shape index (κ3) is 5.39. The van der Waals surface area contributed by atoms with Gasteiger partial charge >= 0.3 is 11.9 Å².